The molecule has 182 valence electrons. The minimum Gasteiger partial charge on any atom is -0.405 e. The molecule has 2 aromatic carbocycles. The summed E-state index contributed by atoms with van der Waals surface area (Å²) in [5.74, 6) is -0.610. The fraction of sp³-hybridized carbons (Fsp3) is 0.417. The van der Waals surface area contributed by atoms with Crippen molar-refractivity contribution in [1.29, 1.82) is 0 Å². The monoisotopic (exact) mass is 476 g/mol. The second-order valence-electron chi connectivity index (χ2n) is 8.86. The first kappa shape index (κ1) is 24.0. The van der Waals surface area contributed by atoms with Crippen molar-refractivity contribution in [2.45, 2.75) is 37.8 Å². The Kier molecular flexibility index (Phi) is 6.81. The number of benzene rings is 2. The maximum absolute atomic E-state index is 13.3. The van der Waals surface area contributed by atoms with Crippen molar-refractivity contribution in [3.8, 4) is 5.75 Å². The molecule has 4 rings (SSSR count). The minimum atomic E-state index is -4.81. The highest BCUT2D eigenvalue weighted by Gasteiger charge is 2.53. The van der Waals surface area contributed by atoms with Crippen molar-refractivity contribution < 1.29 is 27.5 Å². The van der Waals surface area contributed by atoms with Crippen LogP contribution in [0.1, 0.15) is 24.0 Å². The van der Waals surface area contributed by atoms with Gasteiger partial charge in [-0.05, 0) is 38.1 Å². The molecule has 10 heteroatoms. The van der Waals surface area contributed by atoms with E-state index in [-0.39, 0.29) is 24.9 Å². The highest BCUT2D eigenvalue weighted by molar-refractivity contribution is 6.07. The zero-order valence-corrected chi connectivity index (χ0v) is 18.8. The molecule has 0 saturated carbocycles. The van der Waals surface area contributed by atoms with Crippen LogP contribution < -0.4 is 10.1 Å². The molecule has 1 spiro atoms. The number of imide groups is 1. The number of nitrogens with one attached hydrogen (secondary N) is 1. The molecule has 1 unspecified atom stereocenters. The van der Waals surface area contributed by atoms with Gasteiger partial charge in [0.1, 0.15) is 11.3 Å². The van der Waals surface area contributed by atoms with Crippen LogP contribution in [0.5, 0.6) is 5.75 Å². The van der Waals surface area contributed by atoms with E-state index in [9.17, 15) is 22.8 Å². The third-order valence-corrected chi connectivity index (χ3v) is 6.09. The quantitative estimate of drug-likeness (QED) is 0.620. The van der Waals surface area contributed by atoms with Gasteiger partial charge in [0.25, 0.3) is 5.91 Å². The number of nitrogens with zero attached hydrogens (tertiary/aromatic N) is 3. The summed E-state index contributed by atoms with van der Waals surface area (Å²) in [6, 6.07) is 15.3. The average molecular weight is 476 g/mol. The number of piperidine rings is 1. The van der Waals surface area contributed by atoms with Gasteiger partial charge >= 0.3 is 12.4 Å². The summed E-state index contributed by atoms with van der Waals surface area (Å²) in [6.07, 6.45) is -3.49. The van der Waals surface area contributed by atoms with Gasteiger partial charge in [-0.25, -0.2) is 9.69 Å². The zero-order valence-electron chi connectivity index (χ0n) is 18.8. The van der Waals surface area contributed by atoms with E-state index in [0.717, 1.165) is 23.4 Å². The summed E-state index contributed by atoms with van der Waals surface area (Å²) < 4.78 is 42.2. The van der Waals surface area contributed by atoms with Crippen LogP contribution >= 0.6 is 0 Å². The SMILES string of the molecule is CN(Cc1ccccc1OC(F)(F)F)CN1C(=O)NC2(CCCN(Cc3ccccc3)C2)C1=O. The first-order valence-corrected chi connectivity index (χ1v) is 11.1. The van der Waals surface area contributed by atoms with Gasteiger partial charge in [0, 0.05) is 25.2 Å². The molecule has 2 aromatic rings. The molecule has 7 nitrogen and oxygen atoms in total. The third-order valence-electron chi connectivity index (χ3n) is 6.09. The Bertz CT molecular complexity index is 1030. The molecule has 0 radical (unpaired) electrons. The molecule has 0 aromatic heterocycles. The highest BCUT2D eigenvalue weighted by atomic mass is 19.4. The maximum Gasteiger partial charge on any atom is 0.573 e. The molecule has 2 saturated heterocycles. The lowest BCUT2D eigenvalue weighted by Gasteiger charge is -2.38. The van der Waals surface area contributed by atoms with Gasteiger partial charge in [-0.2, -0.15) is 0 Å². The van der Waals surface area contributed by atoms with Crippen molar-refractivity contribution in [2.75, 3.05) is 26.8 Å². The lowest BCUT2D eigenvalue weighted by molar-refractivity contribution is -0.275. The predicted molar refractivity (Wildman–Crippen MR) is 119 cm³/mol. The zero-order chi connectivity index (χ0) is 24.3. The van der Waals surface area contributed by atoms with Crippen LogP contribution in [0.2, 0.25) is 0 Å². The number of hydrogen-bond acceptors (Lipinski definition) is 5. The van der Waals surface area contributed by atoms with Gasteiger partial charge < -0.3 is 10.1 Å². The number of alkyl halides is 3. The number of para-hydroxylation sites is 1. The summed E-state index contributed by atoms with van der Waals surface area (Å²) in [5.41, 5.74) is 0.450. The fourth-order valence-corrected chi connectivity index (χ4v) is 4.64. The number of carbonyl (C=O) groups excluding carboxylic acids is 2. The van der Waals surface area contributed by atoms with Crippen molar-refractivity contribution in [2.24, 2.45) is 0 Å². The molecule has 2 fully saturated rings. The van der Waals surface area contributed by atoms with Gasteiger partial charge in [0.2, 0.25) is 0 Å². The molecule has 2 heterocycles. The van der Waals surface area contributed by atoms with E-state index in [1.807, 2.05) is 30.3 Å². The summed E-state index contributed by atoms with van der Waals surface area (Å²) in [6.45, 7) is 1.94. The molecule has 34 heavy (non-hydrogen) atoms. The molecular formula is C24H27F3N4O3. The van der Waals surface area contributed by atoms with Crippen LogP contribution in [-0.4, -0.2) is 65.3 Å². The Morgan fingerprint density at radius 3 is 2.53 bits per heavy atom. The Labute approximate surface area is 196 Å². The number of hydrogen-bond donors (Lipinski definition) is 1. The molecule has 0 bridgehead atoms. The van der Waals surface area contributed by atoms with E-state index < -0.39 is 17.9 Å². The van der Waals surface area contributed by atoms with E-state index in [0.29, 0.717) is 25.1 Å². The van der Waals surface area contributed by atoms with Crippen molar-refractivity contribution in [1.82, 2.24) is 20.0 Å². The summed E-state index contributed by atoms with van der Waals surface area (Å²) in [5, 5.41) is 2.89. The van der Waals surface area contributed by atoms with Crippen molar-refractivity contribution in [3.05, 3.63) is 65.7 Å². The molecular weight excluding hydrogens is 449 g/mol. The van der Waals surface area contributed by atoms with E-state index in [1.165, 1.54) is 18.2 Å². The Balaban J connectivity index is 1.41. The van der Waals surface area contributed by atoms with Gasteiger partial charge in [0.05, 0.1) is 6.67 Å². The lowest BCUT2D eigenvalue weighted by atomic mass is 9.88. The van der Waals surface area contributed by atoms with Crippen LogP contribution in [0, 0.1) is 0 Å². The molecule has 1 atom stereocenters. The topological polar surface area (TPSA) is 65.1 Å². The second kappa shape index (κ2) is 9.63. The van der Waals surface area contributed by atoms with Crippen molar-refractivity contribution >= 4 is 11.9 Å². The third kappa shape index (κ3) is 5.51. The maximum atomic E-state index is 13.3. The normalized spacial score (nSPS) is 21.4. The number of amides is 3. The van der Waals surface area contributed by atoms with Crippen LogP contribution in [0.15, 0.2) is 54.6 Å². The number of ether oxygens (including phenoxy) is 1. The van der Waals surface area contributed by atoms with Crippen molar-refractivity contribution in [3.63, 3.8) is 0 Å². The first-order valence-electron chi connectivity index (χ1n) is 11.1. The molecule has 1 N–H and O–H groups in total. The standard InChI is InChI=1S/C24H27F3N4O3/c1-29(15-19-10-5-6-11-20(19)34-24(25,26)27)17-31-21(32)23(28-22(31)33)12-7-13-30(16-23)14-18-8-3-2-4-9-18/h2-6,8-11H,7,12-17H2,1H3,(H,28,33). The lowest BCUT2D eigenvalue weighted by Crippen LogP contribution is -2.58. The highest BCUT2D eigenvalue weighted by Crippen LogP contribution is 2.30. The van der Waals surface area contributed by atoms with E-state index >= 15 is 0 Å². The Morgan fingerprint density at radius 1 is 1.09 bits per heavy atom. The molecule has 3 amide bonds. The van der Waals surface area contributed by atoms with Gasteiger partial charge in [-0.15, -0.1) is 13.2 Å². The fourth-order valence-electron chi connectivity index (χ4n) is 4.64. The minimum absolute atomic E-state index is 0.0501. The Morgan fingerprint density at radius 2 is 1.79 bits per heavy atom. The summed E-state index contributed by atoms with van der Waals surface area (Å²) in [4.78, 5) is 31.0. The largest absolute Gasteiger partial charge is 0.573 e. The summed E-state index contributed by atoms with van der Waals surface area (Å²) >= 11 is 0. The van der Waals surface area contributed by atoms with Gasteiger partial charge in [0.15, 0.2) is 0 Å². The van der Waals surface area contributed by atoms with Crippen LogP contribution in [0.3, 0.4) is 0 Å². The second-order valence-corrected chi connectivity index (χ2v) is 8.86. The average Bonchev–Trinajstić information content (AvgIpc) is 2.98. The number of carbonyl (C=O) groups is 2. The van der Waals surface area contributed by atoms with E-state index in [1.54, 1.807) is 18.0 Å². The Hall–Kier alpha value is -3.11. The molecule has 0 aliphatic carbocycles. The smallest absolute Gasteiger partial charge is 0.405 e. The predicted octanol–water partition coefficient (Wildman–Crippen LogP) is 3.56. The van der Waals surface area contributed by atoms with Crippen LogP contribution in [0.4, 0.5) is 18.0 Å². The summed E-state index contributed by atoms with van der Waals surface area (Å²) in [7, 11) is 1.64. The molecule has 2 aliphatic heterocycles. The van der Waals surface area contributed by atoms with E-state index in [4.69, 9.17) is 0 Å². The number of rotatable bonds is 7. The van der Waals surface area contributed by atoms with Crippen LogP contribution in [0.25, 0.3) is 0 Å². The van der Waals surface area contributed by atoms with Crippen LogP contribution in [-0.2, 0) is 17.9 Å². The van der Waals surface area contributed by atoms with Gasteiger partial charge in [-0.3, -0.25) is 14.6 Å². The number of likely N-dealkylation sites (tertiary alicyclic amines) is 1. The number of halogens is 3. The first-order chi connectivity index (χ1) is 16.2. The number of urea groups is 1. The van der Waals surface area contributed by atoms with Gasteiger partial charge in [-0.1, -0.05) is 48.5 Å². The molecule has 2 aliphatic rings. The van der Waals surface area contributed by atoms with E-state index in [2.05, 4.69) is 15.0 Å².